The van der Waals surface area contributed by atoms with Gasteiger partial charge in [-0.3, -0.25) is 0 Å². The molecule has 0 amide bonds. The zero-order valence-corrected chi connectivity index (χ0v) is 9.33. The van der Waals surface area contributed by atoms with Gasteiger partial charge in [-0.1, -0.05) is 0 Å². The predicted octanol–water partition coefficient (Wildman–Crippen LogP) is 2.14. The standard InChI is InChI=1S/C9H12BrN3O/c10-7-5-12-9(11)13-8(7)14-6-3-1-2-4-6/h5-6H,1-4H2,(H2,11,12,13). The van der Waals surface area contributed by atoms with Crippen LogP contribution >= 0.6 is 15.9 Å². The number of hydrogen-bond donors (Lipinski definition) is 1. The summed E-state index contributed by atoms with van der Waals surface area (Å²) in [4.78, 5) is 7.89. The van der Waals surface area contributed by atoms with Gasteiger partial charge in [-0.05, 0) is 41.6 Å². The van der Waals surface area contributed by atoms with Crippen LogP contribution in [0.4, 0.5) is 5.95 Å². The molecular formula is C9H12BrN3O. The van der Waals surface area contributed by atoms with E-state index in [4.69, 9.17) is 10.5 Å². The highest BCUT2D eigenvalue weighted by Crippen LogP contribution is 2.27. The molecule has 4 nitrogen and oxygen atoms in total. The van der Waals surface area contributed by atoms with Crippen LogP contribution in [0.25, 0.3) is 0 Å². The molecule has 0 saturated heterocycles. The topological polar surface area (TPSA) is 61.0 Å². The molecule has 0 radical (unpaired) electrons. The van der Waals surface area contributed by atoms with Gasteiger partial charge in [-0.2, -0.15) is 4.98 Å². The molecule has 1 aliphatic rings. The minimum absolute atomic E-state index is 0.251. The first-order valence-corrected chi connectivity index (χ1v) is 5.49. The quantitative estimate of drug-likeness (QED) is 0.882. The predicted molar refractivity (Wildman–Crippen MR) is 57.0 cm³/mol. The first kappa shape index (κ1) is 9.71. The molecule has 0 unspecified atom stereocenters. The molecule has 0 aromatic carbocycles. The number of nitrogens with two attached hydrogens (primary N) is 1. The smallest absolute Gasteiger partial charge is 0.233 e. The third-order valence-corrected chi connectivity index (χ3v) is 2.86. The Morgan fingerprint density at radius 2 is 2.14 bits per heavy atom. The Hall–Kier alpha value is -0.840. The molecule has 0 aliphatic heterocycles. The number of halogens is 1. The Morgan fingerprint density at radius 1 is 1.43 bits per heavy atom. The van der Waals surface area contributed by atoms with Crippen LogP contribution in [-0.2, 0) is 0 Å². The fraction of sp³-hybridized carbons (Fsp3) is 0.556. The van der Waals surface area contributed by atoms with Crippen molar-refractivity contribution in [1.82, 2.24) is 9.97 Å². The highest BCUT2D eigenvalue weighted by molar-refractivity contribution is 9.10. The molecule has 1 heterocycles. The Balaban J connectivity index is 2.10. The summed E-state index contributed by atoms with van der Waals surface area (Å²) < 4.78 is 6.47. The number of nitrogens with zero attached hydrogens (tertiary/aromatic N) is 2. The van der Waals surface area contributed by atoms with Gasteiger partial charge in [-0.15, -0.1) is 0 Å². The van der Waals surface area contributed by atoms with E-state index in [0.29, 0.717) is 12.0 Å². The maximum Gasteiger partial charge on any atom is 0.233 e. The monoisotopic (exact) mass is 257 g/mol. The average Bonchev–Trinajstić information content (AvgIpc) is 2.64. The van der Waals surface area contributed by atoms with Gasteiger partial charge in [0.25, 0.3) is 0 Å². The summed E-state index contributed by atoms with van der Waals surface area (Å²) in [5, 5.41) is 0. The summed E-state index contributed by atoms with van der Waals surface area (Å²) in [7, 11) is 0. The first-order valence-electron chi connectivity index (χ1n) is 4.70. The van der Waals surface area contributed by atoms with Gasteiger partial charge >= 0.3 is 0 Å². The maximum absolute atomic E-state index is 5.71. The highest BCUT2D eigenvalue weighted by atomic mass is 79.9. The summed E-state index contributed by atoms with van der Waals surface area (Å²) in [5.74, 6) is 0.811. The summed E-state index contributed by atoms with van der Waals surface area (Å²) in [6.45, 7) is 0. The van der Waals surface area contributed by atoms with E-state index >= 15 is 0 Å². The fourth-order valence-electron chi connectivity index (χ4n) is 1.61. The molecule has 1 fully saturated rings. The molecule has 1 aromatic heterocycles. The van der Waals surface area contributed by atoms with Gasteiger partial charge in [-0.25, -0.2) is 4.98 Å². The second-order valence-corrected chi connectivity index (χ2v) is 4.26. The van der Waals surface area contributed by atoms with E-state index in [0.717, 1.165) is 17.3 Å². The van der Waals surface area contributed by atoms with E-state index in [1.54, 1.807) is 6.20 Å². The van der Waals surface area contributed by atoms with Gasteiger partial charge in [0.05, 0.1) is 10.7 Å². The fourth-order valence-corrected chi connectivity index (χ4v) is 1.90. The minimum Gasteiger partial charge on any atom is -0.473 e. The van der Waals surface area contributed by atoms with Crippen LogP contribution in [0.15, 0.2) is 10.7 Å². The van der Waals surface area contributed by atoms with Crippen molar-refractivity contribution in [2.75, 3.05) is 5.73 Å². The summed E-state index contributed by atoms with van der Waals surface area (Å²) in [6, 6.07) is 0. The van der Waals surface area contributed by atoms with Crippen molar-refractivity contribution < 1.29 is 4.74 Å². The number of hydrogen-bond acceptors (Lipinski definition) is 4. The lowest BCUT2D eigenvalue weighted by Gasteiger charge is -2.12. The molecule has 5 heteroatoms. The average molecular weight is 258 g/mol. The van der Waals surface area contributed by atoms with Crippen LogP contribution < -0.4 is 10.5 Å². The van der Waals surface area contributed by atoms with Crippen molar-refractivity contribution in [2.24, 2.45) is 0 Å². The Labute approximate surface area is 91.0 Å². The lowest BCUT2D eigenvalue weighted by Crippen LogP contribution is -2.13. The van der Waals surface area contributed by atoms with E-state index in [2.05, 4.69) is 25.9 Å². The molecule has 1 aromatic rings. The van der Waals surface area contributed by atoms with Gasteiger partial charge in [0, 0.05) is 0 Å². The minimum atomic E-state index is 0.251. The Morgan fingerprint density at radius 3 is 2.86 bits per heavy atom. The molecule has 14 heavy (non-hydrogen) atoms. The van der Waals surface area contributed by atoms with Crippen LogP contribution in [0.1, 0.15) is 25.7 Å². The molecule has 0 spiro atoms. The van der Waals surface area contributed by atoms with Crippen molar-refractivity contribution >= 4 is 21.9 Å². The van der Waals surface area contributed by atoms with E-state index in [1.165, 1.54) is 12.8 Å². The van der Waals surface area contributed by atoms with Crippen LogP contribution in [0.5, 0.6) is 5.88 Å². The van der Waals surface area contributed by atoms with Crippen LogP contribution in [-0.4, -0.2) is 16.1 Å². The number of aromatic nitrogens is 2. The maximum atomic E-state index is 5.71. The molecule has 1 saturated carbocycles. The molecule has 2 rings (SSSR count). The molecule has 2 N–H and O–H groups in total. The Bertz CT molecular complexity index is 326. The molecular weight excluding hydrogens is 246 g/mol. The van der Waals surface area contributed by atoms with Crippen LogP contribution in [0.3, 0.4) is 0 Å². The largest absolute Gasteiger partial charge is 0.473 e. The SMILES string of the molecule is Nc1ncc(Br)c(OC2CCCC2)n1. The first-order chi connectivity index (χ1) is 6.75. The summed E-state index contributed by atoms with van der Waals surface area (Å²) in [6.07, 6.45) is 6.60. The number of ether oxygens (including phenoxy) is 1. The van der Waals surface area contributed by atoms with E-state index < -0.39 is 0 Å². The number of nitrogen functional groups attached to an aromatic ring is 1. The van der Waals surface area contributed by atoms with Crippen molar-refractivity contribution in [3.8, 4) is 5.88 Å². The molecule has 0 atom stereocenters. The molecule has 1 aliphatic carbocycles. The third kappa shape index (κ3) is 2.15. The van der Waals surface area contributed by atoms with Crippen molar-refractivity contribution in [2.45, 2.75) is 31.8 Å². The third-order valence-electron chi connectivity index (χ3n) is 2.31. The second-order valence-electron chi connectivity index (χ2n) is 3.41. The lowest BCUT2D eigenvalue weighted by atomic mass is 10.3. The zero-order valence-electron chi connectivity index (χ0n) is 7.74. The van der Waals surface area contributed by atoms with E-state index in [9.17, 15) is 0 Å². The highest BCUT2D eigenvalue weighted by Gasteiger charge is 2.18. The Kier molecular flexibility index (Phi) is 2.86. The van der Waals surface area contributed by atoms with Crippen LogP contribution in [0.2, 0.25) is 0 Å². The normalized spacial score (nSPS) is 17.2. The number of anilines is 1. The van der Waals surface area contributed by atoms with Gasteiger partial charge in [0.1, 0.15) is 6.10 Å². The number of rotatable bonds is 2. The van der Waals surface area contributed by atoms with Crippen molar-refractivity contribution in [1.29, 1.82) is 0 Å². The van der Waals surface area contributed by atoms with Crippen molar-refractivity contribution in [3.63, 3.8) is 0 Å². The second kappa shape index (κ2) is 4.13. The summed E-state index contributed by atoms with van der Waals surface area (Å²) in [5.41, 5.74) is 5.48. The van der Waals surface area contributed by atoms with Gasteiger partial charge in [0.15, 0.2) is 0 Å². The van der Waals surface area contributed by atoms with E-state index in [-0.39, 0.29) is 5.95 Å². The van der Waals surface area contributed by atoms with Gasteiger partial charge in [0.2, 0.25) is 11.8 Å². The van der Waals surface area contributed by atoms with Crippen LogP contribution in [0, 0.1) is 0 Å². The summed E-state index contributed by atoms with van der Waals surface area (Å²) >= 11 is 3.33. The lowest BCUT2D eigenvalue weighted by molar-refractivity contribution is 0.200. The van der Waals surface area contributed by atoms with E-state index in [1.807, 2.05) is 0 Å². The van der Waals surface area contributed by atoms with Gasteiger partial charge < -0.3 is 10.5 Å². The molecule has 76 valence electrons. The zero-order chi connectivity index (χ0) is 9.97. The van der Waals surface area contributed by atoms with Crippen molar-refractivity contribution in [3.05, 3.63) is 10.7 Å². The molecule has 0 bridgehead atoms.